The molecule has 1 heterocycles. The monoisotopic (exact) mass is 383 g/mol. The van der Waals surface area contributed by atoms with Gasteiger partial charge in [0.25, 0.3) is 11.5 Å². The highest BCUT2D eigenvalue weighted by Gasteiger charge is 2.19. The van der Waals surface area contributed by atoms with Crippen LogP contribution in [0.3, 0.4) is 0 Å². The molecular weight excluding hydrogens is 370 g/mol. The van der Waals surface area contributed by atoms with Crippen LogP contribution in [0.2, 0.25) is 0 Å². The van der Waals surface area contributed by atoms with Crippen LogP contribution >= 0.6 is 11.8 Å². The van der Waals surface area contributed by atoms with Gasteiger partial charge in [-0.2, -0.15) is 5.10 Å². The van der Waals surface area contributed by atoms with Gasteiger partial charge in [-0.1, -0.05) is 42.5 Å². The Morgan fingerprint density at radius 2 is 1.81 bits per heavy atom. The maximum Gasteiger partial charge on any atom is 0.335 e. The molecule has 0 aliphatic rings. The minimum Gasteiger partial charge on any atom is -0.478 e. The first-order chi connectivity index (χ1) is 13.0. The van der Waals surface area contributed by atoms with Gasteiger partial charge in [0.15, 0.2) is 0 Å². The van der Waals surface area contributed by atoms with Crippen LogP contribution in [0.4, 0.5) is 0 Å². The molecule has 0 spiro atoms. The fraction of sp³-hybridized carbons (Fsp3) is 0.0526. The number of nitrogens with zero attached hydrogens (tertiary/aromatic N) is 2. The molecule has 0 saturated carbocycles. The van der Waals surface area contributed by atoms with E-state index >= 15 is 0 Å². The molecule has 1 aromatic heterocycles. The normalized spacial score (nSPS) is 10.4. The predicted octanol–water partition coefficient (Wildman–Crippen LogP) is 2.93. The summed E-state index contributed by atoms with van der Waals surface area (Å²) in [5, 5.41) is 15.2. The van der Waals surface area contributed by atoms with Gasteiger partial charge in [-0.3, -0.25) is 9.59 Å². The average molecular weight is 384 g/mol. The molecule has 0 saturated heterocycles. The number of aromatic amines is 1. The highest BCUT2D eigenvalue weighted by atomic mass is 35.5. The summed E-state index contributed by atoms with van der Waals surface area (Å²) in [6.45, 7) is 0.118. The van der Waals surface area contributed by atoms with Gasteiger partial charge in [-0.05, 0) is 23.8 Å². The molecule has 2 aromatic carbocycles. The van der Waals surface area contributed by atoms with Crippen LogP contribution in [-0.4, -0.2) is 31.6 Å². The van der Waals surface area contributed by atoms with Crippen LogP contribution in [0.1, 0.15) is 26.3 Å². The van der Waals surface area contributed by atoms with Gasteiger partial charge < -0.3 is 5.11 Å². The van der Waals surface area contributed by atoms with Crippen LogP contribution < -0.4 is 5.56 Å². The lowest BCUT2D eigenvalue weighted by molar-refractivity contribution is 0.0696. The van der Waals surface area contributed by atoms with Crippen molar-refractivity contribution in [2.24, 2.45) is 0 Å². The van der Waals surface area contributed by atoms with Crippen molar-refractivity contribution in [3.63, 3.8) is 0 Å². The maximum atomic E-state index is 12.6. The van der Waals surface area contributed by atoms with Gasteiger partial charge in [0.05, 0.1) is 17.8 Å². The number of hydrogen-bond acceptors (Lipinski definition) is 4. The first-order valence-corrected chi connectivity index (χ1v) is 8.24. The van der Waals surface area contributed by atoms with Gasteiger partial charge in [-0.25, -0.2) is 14.3 Å². The fourth-order valence-corrected chi connectivity index (χ4v) is 2.70. The van der Waals surface area contributed by atoms with E-state index in [1.54, 1.807) is 12.1 Å². The number of hydrogen-bond donors (Lipinski definition) is 2. The molecule has 0 radical (unpaired) electrons. The lowest BCUT2D eigenvalue weighted by Gasteiger charge is -2.14. The van der Waals surface area contributed by atoms with Crippen molar-refractivity contribution in [1.82, 2.24) is 14.6 Å². The Bertz CT molecular complexity index is 1050. The number of amides is 1. The van der Waals surface area contributed by atoms with Gasteiger partial charge in [0, 0.05) is 17.3 Å². The Balaban J connectivity index is 1.91. The van der Waals surface area contributed by atoms with Crippen molar-refractivity contribution >= 4 is 23.7 Å². The van der Waals surface area contributed by atoms with E-state index in [-0.39, 0.29) is 23.4 Å². The second-order valence-corrected chi connectivity index (χ2v) is 6.10. The van der Waals surface area contributed by atoms with Crippen molar-refractivity contribution in [1.29, 1.82) is 0 Å². The van der Waals surface area contributed by atoms with Gasteiger partial charge in [0.1, 0.15) is 5.56 Å². The average Bonchev–Trinajstić information content (AvgIpc) is 2.68. The second-order valence-electron chi connectivity index (χ2n) is 5.69. The zero-order valence-corrected chi connectivity index (χ0v) is 14.7. The molecule has 0 fully saturated rings. The number of benzene rings is 2. The van der Waals surface area contributed by atoms with Gasteiger partial charge >= 0.3 is 5.97 Å². The molecule has 0 aliphatic carbocycles. The van der Waals surface area contributed by atoms with Gasteiger partial charge in [0.2, 0.25) is 0 Å². The SMILES string of the molecule is O=C(O)c1cccc(-c2cc(C(=O)N(Cl)Cc3ccccc3)c(=O)[nH]n2)c1. The number of halogens is 1. The van der Waals surface area contributed by atoms with Crippen LogP contribution in [0.15, 0.2) is 65.5 Å². The van der Waals surface area contributed by atoms with E-state index in [0.29, 0.717) is 5.56 Å². The van der Waals surface area contributed by atoms with E-state index in [1.165, 1.54) is 18.2 Å². The van der Waals surface area contributed by atoms with E-state index in [4.69, 9.17) is 16.9 Å². The summed E-state index contributed by atoms with van der Waals surface area (Å²) in [4.78, 5) is 35.8. The Kier molecular flexibility index (Phi) is 5.33. The quantitative estimate of drug-likeness (QED) is 0.659. The minimum absolute atomic E-state index is 0.0661. The van der Waals surface area contributed by atoms with Crippen LogP contribution in [-0.2, 0) is 6.54 Å². The number of aromatic carboxylic acids is 1. The summed E-state index contributed by atoms with van der Waals surface area (Å²) >= 11 is 6.07. The van der Waals surface area contributed by atoms with E-state index < -0.39 is 17.4 Å². The molecule has 0 bridgehead atoms. The molecular formula is C19H14ClN3O4. The molecule has 0 atom stereocenters. The summed E-state index contributed by atoms with van der Waals surface area (Å²) in [5.74, 6) is -1.77. The first kappa shape index (κ1) is 18.3. The lowest BCUT2D eigenvalue weighted by atomic mass is 10.1. The zero-order valence-electron chi connectivity index (χ0n) is 13.9. The fourth-order valence-electron chi connectivity index (χ4n) is 2.47. The summed E-state index contributed by atoms with van der Waals surface area (Å²) in [6.07, 6.45) is 0. The number of H-pyrrole nitrogens is 1. The zero-order chi connectivity index (χ0) is 19.4. The molecule has 2 N–H and O–H groups in total. The van der Waals surface area contributed by atoms with E-state index in [2.05, 4.69) is 10.2 Å². The summed E-state index contributed by atoms with van der Waals surface area (Å²) in [7, 11) is 0. The molecule has 3 rings (SSSR count). The standard InChI is InChI=1S/C19H14ClN3O4/c20-23(11-12-5-2-1-3-6-12)18(25)15-10-16(21-22-17(15)24)13-7-4-8-14(9-13)19(26)27/h1-10H,11H2,(H,22,24)(H,26,27). The third-order valence-corrected chi connectivity index (χ3v) is 4.10. The number of nitrogens with one attached hydrogen (secondary N) is 1. The molecule has 7 nitrogen and oxygen atoms in total. The summed E-state index contributed by atoms with van der Waals surface area (Å²) < 4.78 is 0.914. The molecule has 136 valence electrons. The number of carbonyl (C=O) groups is 2. The third-order valence-electron chi connectivity index (χ3n) is 3.82. The first-order valence-electron chi connectivity index (χ1n) is 7.91. The van der Waals surface area contributed by atoms with Crippen molar-refractivity contribution in [3.05, 3.63) is 87.7 Å². The molecule has 0 unspecified atom stereocenters. The topological polar surface area (TPSA) is 103 Å². The van der Waals surface area contributed by atoms with E-state index in [1.807, 2.05) is 30.3 Å². The largest absolute Gasteiger partial charge is 0.478 e. The predicted molar refractivity (Wildman–Crippen MR) is 99.4 cm³/mol. The van der Waals surface area contributed by atoms with Crippen LogP contribution in [0.25, 0.3) is 11.3 Å². The molecule has 27 heavy (non-hydrogen) atoms. The summed E-state index contributed by atoms with van der Waals surface area (Å²) in [5.41, 5.74) is 0.705. The van der Waals surface area contributed by atoms with E-state index in [9.17, 15) is 14.4 Å². The number of aromatic nitrogens is 2. The molecule has 0 aliphatic heterocycles. The second kappa shape index (κ2) is 7.84. The Morgan fingerprint density at radius 3 is 2.52 bits per heavy atom. The number of carboxylic acids is 1. The van der Waals surface area contributed by atoms with Crippen molar-refractivity contribution in [2.75, 3.05) is 0 Å². The smallest absolute Gasteiger partial charge is 0.335 e. The number of carboxylic acid groups (broad SMARTS) is 1. The number of rotatable bonds is 5. The van der Waals surface area contributed by atoms with Gasteiger partial charge in [-0.15, -0.1) is 0 Å². The number of carbonyl (C=O) groups excluding carboxylic acids is 1. The van der Waals surface area contributed by atoms with Crippen molar-refractivity contribution < 1.29 is 14.7 Å². The van der Waals surface area contributed by atoms with Crippen LogP contribution in [0, 0.1) is 0 Å². The van der Waals surface area contributed by atoms with E-state index in [0.717, 1.165) is 9.98 Å². The Hall–Kier alpha value is -3.45. The van der Waals surface area contributed by atoms with Crippen molar-refractivity contribution in [2.45, 2.75) is 6.54 Å². The summed E-state index contributed by atoms with van der Waals surface area (Å²) in [6, 6.07) is 16.4. The van der Waals surface area contributed by atoms with Crippen LogP contribution in [0.5, 0.6) is 0 Å². The Labute approximate surface area is 159 Å². The minimum atomic E-state index is -1.09. The lowest BCUT2D eigenvalue weighted by Crippen LogP contribution is -2.28. The molecule has 8 heteroatoms. The highest BCUT2D eigenvalue weighted by Crippen LogP contribution is 2.19. The molecule has 3 aromatic rings. The molecule has 1 amide bonds. The van der Waals surface area contributed by atoms with Crippen molar-refractivity contribution in [3.8, 4) is 11.3 Å². The third kappa shape index (κ3) is 4.21. The highest BCUT2D eigenvalue weighted by molar-refractivity contribution is 6.24. The maximum absolute atomic E-state index is 12.6. The Morgan fingerprint density at radius 1 is 1.07 bits per heavy atom.